The maximum Gasteiger partial charge on any atom is 0.171 e. The van der Waals surface area contributed by atoms with Gasteiger partial charge in [0, 0.05) is 11.2 Å². The van der Waals surface area contributed by atoms with E-state index in [1.807, 2.05) is 6.08 Å². The van der Waals surface area contributed by atoms with Gasteiger partial charge in [-0.3, -0.25) is 0 Å². The Balaban J connectivity index is 2.82. The summed E-state index contributed by atoms with van der Waals surface area (Å²) >= 11 is 0. The van der Waals surface area contributed by atoms with Crippen LogP contribution in [0.2, 0.25) is 0 Å². The molecule has 3 heteroatoms. The molecule has 1 unspecified atom stereocenters. The number of allylic oxidation sites excluding steroid dienone is 2. The van der Waals surface area contributed by atoms with Gasteiger partial charge >= 0.3 is 0 Å². The van der Waals surface area contributed by atoms with Crippen molar-refractivity contribution in [2.24, 2.45) is 5.92 Å². The first-order valence-electron chi connectivity index (χ1n) is 3.89. The molecule has 0 N–H and O–H groups in total. The number of hydrogen-bond acceptors (Lipinski definition) is 2. The van der Waals surface area contributed by atoms with Crippen molar-refractivity contribution >= 4 is 9.84 Å². The Morgan fingerprint density at radius 3 is 2.55 bits per heavy atom. The Labute approximate surface area is 68.2 Å². The van der Waals surface area contributed by atoms with Crippen molar-refractivity contribution in [1.29, 1.82) is 0 Å². The molecule has 0 saturated carbocycles. The second kappa shape index (κ2) is 2.97. The highest BCUT2D eigenvalue weighted by Crippen LogP contribution is 2.26. The molecule has 64 valence electrons. The smallest absolute Gasteiger partial charge is 0.171 e. The van der Waals surface area contributed by atoms with Crippen molar-refractivity contribution < 1.29 is 8.42 Å². The summed E-state index contributed by atoms with van der Waals surface area (Å²) in [6.45, 7) is 2.10. The molecule has 0 spiro atoms. The molecular formula is C8H14O2S. The van der Waals surface area contributed by atoms with Crippen molar-refractivity contribution in [3.8, 4) is 0 Å². The van der Waals surface area contributed by atoms with E-state index in [1.165, 1.54) is 6.26 Å². The van der Waals surface area contributed by atoms with Crippen LogP contribution in [0.3, 0.4) is 0 Å². The predicted octanol–water partition coefficient (Wildman–Crippen LogP) is 1.73. The van der Waals surface area contributed by atoms with Crippen molar-refractivity contribution in [3.05, 3.63) is 11.0 Å². The fraction of sp³-hybridized carbons (Fsp3) is 0.750. The molecule has 0 amide bonds. The molecule has 0 aliphatic heterocycles. The molecule has 0 bridgehead atoms. The highest BCUT2D eigenvalue weighted by molar-refractivity contribution is 7.94. The second-order valence-corrected chi connectivity index (χ2v) is 5.40. The van der Waals surface area contributed by atoms with E-state index >= 15 is 0 Å². The van der Waals surface area contributed by atoms with E-state index in [4.69, 9.17) is 0 Å². The van der Waals surface area contributed by atoms with Gasteiger partial charge < -0.3 is 0 Å². The zero-order valence-electron chi connectivity index (χ0n) is 7.00. The third-order valence-corrected chi connectivity index (χ3v) is 3.34. The molecule has 0 saturated heterocycles. The average Bonchev–Trinajstić information content (AvgIpc) is 1.86. The van der Waals surface area contributed by atoms with Crippen LogP contribution in [0.4, 0.5) is 0 Å². The van der Waals surface area contributed by atoms with Crippen LogP contribution in [0, 0.1) is 5.92 Å². The summed E-state index contributed by atoms with van der Waals surface area (Å²) in [7, 11) is -2.90. The van der Waals surface area contributed by atoms with E-state index in [0.29, 0.717) is 10.8 Å². The Bertz CT molecular complexity index is 262. The second-order valence-electron chi connectivity index (χ2n) is 3.33. The summed E-state index contributed by atoms with van der Waals surface area (Å²) in [4.78, 5) is 0.635. The first-order valence-corrected chi connectivity index (χ1v) is 5.78. The van der Waals surface area contributed by atoms with E-state index in [-0.39, 0.29) is 0 Å². The van der Waals surface area contributed by atoms with Crippen LogP contribution < -0.4 is 0 Å². The van der Waals surface area contributed by atoms with Crippen molar-refractivity contribution in [2.75, 3.05) is 6.26 Å². The lowest BCUT2D eigenvalue weighted by Gasteiger charge is -2.17. The minimum Gasteiger partial charge on any atom is -0.224 e. The van der Waals surface area contributed by atoms with Gasteiger partial charge in [-0.25, -0.2) is 8.42 Å². The minimum atomic E-state index is -2.90. The fourth-order valence-corrected chi connectivity index (χ4v) is 2.37. The van der Waals surface area contributed by atoms with E-state index in [1.54, 1.807) is 0 Å². The van der Waals surface area contributed by atoms with Gasteiger partial charge in [-0.1, -0.05) is 13.0 Å². The first kappa shape index (κ1) is 8.78. The standard InChI is InChI=1S/C8H14O2S/c1-7-4-3-5-8(6-7)11(2,9)10/h5,7H,3-4,6H2,1-2H3. The average molecular weight is 174 g/mol. The Morgan fingerprint density at radius 2 is 2.18 bits per heavy atom. The van der Waals surface area contributed by atoms with E-state index in [9.17, 15) is 8.42 Å². The normalized spacial score (nSPS) is 26.4. The van der Waals surface area contributed by atoms with E-state index in [0.717, 1.165) is 19.3 Å². The molecule has 2 nitrogen and oxygen atoms in total. The Hall–Kier alpha value is -0.310. The van der Waals surface area contributed by atoms with Crippen LogP contribution in [-0.2, 0) is 9.84 Å². The van der Waals surface area contributed by atoms with Gasteiger partial charge in [-0.05, 0) is 25.2 Å². The van der Waals surface area contributed by atoms with Crippen LogP contribution >= 0.6 is 0 Å². The maximum absolute atomic E-state index is 11.1. The summed E-state index contributed by atoms with van der Waals surface area (Å²) in [5, 5.41) is 0. The molecule has 1 aliphatic carbocycles. The van der Waals surface area contributed by atoms with Gasteiger partial charge in [-0.15, -0.1) is 0 Å². The van der Waals surface area contributed by atoms with Crippen LogP contribution in [0.25, 0.3) is 0 Å². The maximum atomic E-state index is 11.1. The molecule has 11 heavy (non-hydrogen) atoms. The van der Waals surface area contributed by atoms with Crippen molar-refractivity contribution in [2.45, 2.75) is 26.2 Å². The van der Waals surface area contributed by atoms with Gasteiger partial charge in [0.25, 0.3) is 0 Å². The minimum absolute atomic E-state index is 0.532. The number of rotatable bonds is 1. The molecule has 1 rings (SSSR count). The Kier molecular flexibility index (Phi) is 2.37. The monoisotopic (exact) mass is 174 g/mol. The molecule has 1 atom stereocenters. The lowest BCUT2D eigenvalue weighted by Crippen LogP contribution is -2.09. The number of hydrogen-bond donors (Lipinski definition) is 0. The molecule has 0 radical (unpaired) electrons. The summed E-state index contributed by atoms with van der Waals surface area (Å²) < 4.78 is 22.1. The van der Waals surface area contributed by atoms with Crippen molar-refractivity contribution in [1.82, 2.24) is 0 Å². The summed E-state index contributed by atoms with van der Waals surface area (Å²) in [5.41, 5.74) is 0. The molecular weight excluding hydrogens is 160 g/mol. The third-order valence-electron chi connectivity index (χ3n) is 2.06. The first-order chi connectivity index (χ1) is 5.00. The third kappa shape index (κ3) is 2.33. The van der Waals surface area contributed by atoms with Gasteiger partial charge in [0.1, 0.15) is 0 Å². The van der Waals surface area contributed by atoms with Gasteiger partial charge in [0.2, 0.25) is 0 Å². The van der Waals surface area contributed by atoms with Crippen LogP contribution in [-0.4, -0.2) is 14.7 Å². The molecule has 0 aromatic heterocycles. The topological polar surface area (TPSA) is 34.1 Å². The lowest BCUT2D eigenvalue weighted by molar-refractivity contribution is 0.514. The van der Waals surface area contributed by atoms with Gasteiger partial charge in [-0.2, -0.15) is 0 Å². The lowest BCUT2D eigenvalue weighted by atomic mass is 9.96. The van der Waals surface area contributed by atoms with Gasteiger partial charge in [0.05, 0.1) is 0 Å². The predicted molar refractivity (Wildman–Crippen MR) is 45.9 cm³/mol. The Morgan fingerprint density at radius 1 is 1.55 bits per heavy atom. The highest BCUT2D eigenvalue weighted by Gasteiger charge is 2.17. The fourth-order valence-electron chi connectivity index (χ4n) is 1.36. The zero-order chi connectivity index (χ0) is 8.48. The van der Waals surface area contributed by atoms with Crippen LogP contribution in [0.5, 0.6) is 0 Å². The van der Waals surface area contributed by atoms with Crippen molar-refractivity contribution in [3.63, 3.8) is 0 Å². The molecule has 0 heterocycles. The summed E-state index contributed by atoms with van der Waals surface area (Å²) in [6, 6.07) is 0. The molecule has 1 aliphatic rings. The molecule has 0 aromatic rings. The van der Waals surface area contributed by atoms with E-state index < -0.39 is 9.84 Å². The largest absolute Gasteiger partial charge is 0.224 e. The van der Waals surface area contributed by atoms with E-state index in [2.05, 4.69) is 6.92 Å². The van der Waals surface area contributed by atoms with Crippen LogP contribution in [0.1, 0.15) is 26.2 Å². The zero-order valence-corrected chi connectivity index (χ0v) is 7.82. The molecule has 0 aromatic carbocycles. The van der Waals surface area contributed by atoms with Gasteiger partial charge in [0.15, 0.2) is 9.84 Å². The molecule has 0 fully saturated rings. The quantitative estimate of drug-likeness (QED) is 0.606. The van der Waals surface area contributed by atoms with Crippen LogP contribution in [0.15, 0.2) is 11.0 Å². The summed E-state index contributed by atoms with van der Waals surface area (Å²) in [5.74, 6) is 0.532. The number of sulfone groups is 1. The SMILES string of the molecule is CC1CCC=C(S(C)(=O)=O)C1. The summed E-state index contributed by atoms with van der Waals surface area (Å²) in [6.07, 6.45) is 5.92. The highest BCUT2D eigenvalue weighted by atomic mass is 32.2.